The van der Waals surface area contributed by atoms with Crippen LogP contribution in [0.4, 0.5) is 11.4 Å². The van der Waals surface area contributed by atoms with E-state index in [2.05, 4.69) is 15.4 Å². The van der Waals surface area contributed by atoms with Gasteiger partial charge < -0.3 is 20.1 Å². The van der Waals surface area contributed by atoms with E-state index in [1.807, 2.05) is 30.3 Å². The molecule has 1 unspecified atom stereocenters. The van der Waals surface area contributed by atoms with Crippen LogP contribution in [0.2, 0.25) is 0 Å². The van der Waals surface area contributed by atoms with Crippen LogP contribution in [0.15, 0.2) is 71.6 Å². The molecule has 0 aromatic heterocycles. The Labute approximate surface area is 208 Å². The van der Waals surface area contributed by atoms with E-state index in [1.54, 1.807) is 24.3 Å². The Morgan fingerprint density at radius 3 is 2.53 bits per heavy atom. The second kappa shape index (κ2) is 10.00. The maximum absolute atomic E-state index is 13.3. The summed E-state index contributed by atoms with van der Waals surface area (Å²) in [6.45, 7) is 0.861. The highest BCUT2D eigenvalue weighted by atomic mass is 32.2. The van der Waals surface area contributed by atoms with Gasteiger partial charge in [0.05, 0.1) is 4.90 Å². The van der Waals surface area contributed by atoms with Gasteiger partial charge in [-0.2, -0.15) is 4.72 Å². The van der Waals surface area contributed by atoms with Crippen molar-refractivity contribution < 1.29 is 27.5 Å². The molecule has 5 rings (SSSR count). The molecule has 3 aromatic rings. The standard InChI is InChI=1S/C26H25N3O6S/c30-25-11-6-18-15-20(8-9-21(18)28-25)36(32,33)29-22(14-17-4-2-1-3-5-17)26(31)27-19-7-10-23-24(16-19)35-13-12-34-23/h1-5,7-10,15-16,22,29H,6,11-14H2,(H,27,31)(H,28,30). The Morgan fingerprint density at radius 2 is 1.72 bits per heavy atom. The molecule has 0 aliphatic carbocycles. The number of ether oxygens (including phenoxy) is 2. The van der Waals surface area contributed by atoms with E-state index >= 15 is 0 Å². The fourth-order valence-corrected chi connectivity index (χ4v) is 5.42. The van der Waals surface area contributed by atoms with E-state index in [-0.39, 0.29) is 17.2 Å². The molecule has 2 amide bonds. The molecule has 2 heterocycles. The molecular weight excluding hydrogens is 482 g/mol. The molecule has 1 atom stereocenters. The first kappa shape index (κ1) is 23.8. The average molecular weight is 508 g/mol. The van der Waals surface area contributed by atoms with E-state index < -0.39 is 22.0 Å². The molecule has 0 spiro atoms. The molecule has 10 heteroatoms. The highest BCUT2D eigenvalue weighted by Crippen LogP contribution is 2.32. The normalized spacial score (nSPS) is 15.4. The quantitative estimate of drug-likeness (QED) is 0.452. The van der Waals surface area contributed by atoms with Crippen LogP contribution in [-0.2, 0) is 32.5 Å². The van der Waals surface area contributed by atoms with Crippen molar-refractivity contribution in [2.45, 2.75) is 30.2 Å². The predicted octanol–water partition coefficient (Wildman–Crippen LogP) is 2.87. The molecule has 0 saturated carbocycles. The van der Waals surface area contributed by atoms with Gasteiger partial charge in [-0.1, -0.05) is 30.3 Å². The molecule has 2 aliphatic rings. The van der Waals surface area contributed by atoms with Gasteiger partial charge in [0.1, 0.15) is 19.3 Å². The van der Waals surface area contributed by atoms with Crippen LogP contribution >= 0.6 is 0 Å². The number of anilines is 2. The number of carbonyl (C=O) groups excluding carboxylic acids is 2. The van der Waals surface area contributed by atoms with Gasteiger partial charge >= 0.3 is 0 Å². The zero-order valence-corrected chi connectivity index (χ0v) is 20.1. The number of hydrogen-bond donors (Lipinski definition) is 3. The minimum Gasteiger partial charge on any atom is -0.486 e. The molecule has 2 aliphatic heterocycles. The molecule has 36 heavy (non-hydrogen) atoms. The topological polar surface area (TPSA) is 123 Å². The van der Waals surface area contributed by atoms with Crippen molar-refractivity contribution in [1.29, 1.82) is 0 Å². The summed E-state index contributed by atoms with van der Waals surface area (Å²) in [5, 5.41) is 5.53. The lowest BCUT2D eigenvalue weighted by Gasteiger charge is -2.22. The van der Waals surface area contributed by atoms with Crippen molar-refractivity contribution >= 4 is 33.2 Å². The van der Waals surface area contributed by atoms with Crippen LogP contribution in [-0.4, -0.2) is 39.5 Å². The Morgan fingerprint density at radius 1 is 0.944 bits per heavy atom. The van der Waals surface area contributed by atoms with Gasteiger partial charge in [-0.25, -0.2) is 8.42 Å². The predicted molar refractivity (Wildman–Crippen MR) is 134 cm³/mol. The molecule has 186 valence electrons. The van der Waals surface area contributed by atoms with Crippen molar-refractivity contribution in [2.24, 2.45) is 0 Å². The van der Waals surface area contributed by atoms with Crippen molar-refractivity contribution in [1.82, 2.24) is 4.72 Å². The highest BCUT2D eigenvalue weighted by Gasteiger charge is 2.28. The Bertz CT molecular complexity index is 1410. The summed E-state index contributed by atoms with van der Waals surface area (Å²) >= 11 is 0. The number of sulfonamides is 1. The average Bonchev–Trinajstić information content (AvgIpc) is 2.88. The SMILES string of the molecule is O=C1CCc2cc(S(=O)(=O)NC(Cc3ccccc3)C(=O)Nc3ccc4c(c3)OCCO4)ccc2N1. The first-order valence-corrected chi connectivity index (χ1v) is 13.1. The molecule has 0 fully saturated rings. The minimum atomic E-state index is -4.05. The Hall–Kier alpha value is -3.89. The van der Waals surface area contributed by atoms with Gasteiger partial charge in [0.2, 0.25) is 21.8 Å². The fourth-order valence-electron chi connectivity index (χ4n) is 4.17. The van der Waals surface area contributed by atoms with E-state index in [4.69, 9.17) is 9.47 Å². The third-order valence-corrected chi connectivity index (χ3v) is 7.46. The largest absolute Gasteiger partial charge is 0.486 e. The molecule has 3 aromatic carbocycles. The van der Waals surface area contributed by atoms with Gasteiger partial charge in [0, 0.05) is 23.9 Å². The van der Waals surface area contributed by atoms with E-state index in [9.17, 15) is 18.0 Å². The van der Waals surface area contributed by atoms with Gasteiger partial charge in [-0.3, -0.25) is 9.59 Å². The number of nitrogens with one attached hydrogen (secondary N) is 3. The zero-order valence-electron chi connectivity index (χ0n) is 19.3. The maximum Gasteiger partial charge on any atom is 0.242 e. The second-order valence-corrected chi connectivity index (χ2v) is 10.3. The molecule has 0 radical (unpaired) electrons. The lowest BCUT2D eigenvalue weighted by Crippen LogP contribution is -2.45. The summed E-state index contributed by atoms with van der Waals surface area (Å²) in [5.74, 6) is 0.490. The van der Waals surface area contributed by atoms with Crippen LogP contribution in [0.1, 0.15) is 17.5 Å². The number of rotatable bonds is 7. The van der Waals surface area contributed by atoms with E-state index in [0.717, 1.165) is 11.1 Å². The number of hydrogen-bond acceptors (Lipinski definition) is 6. The molecular formula is C26H25N3O6S. The number of amides is 2. The number of benzene rings is 3. The Balaban J connectivity index is 1.39. The van der Waals surface area contributed by atoms with Crippen LogP contribution in [0.5, 0.6) is 11.5 Å². The molecule has 0 bridgehead atoms. The smallest absolute Gasteiger partial charge is 0.242 e. The molecule has 0 saturated heterocycles. The van der Waals surface area contributed by atoms with Crippen molar-refractivity contribution in [2.75, 3.05) is 23.8 Å². The Kier molecular flexibility index (Phi) is 6.62. The summed E-state index contributed by atoms with van der Waals surface area (Å²) in [6, 6.07) is 17.7. The highest BCUT2D eigenvalue weighted by molar-refractivity contribution is 7.89. The van der Waals surface area contributed by atoms with Crippen LogP contribution < -0.4 is 24.8 Å². The van der Waals surface area contributed by atoms with Gasteiger partial charge in [0.25, 0.3) is 0 Å². The monoisotopic (exact) mass is 507 g/mol. The maximum atomic E-state index is 13.3. The first-order chi connectivity index (χ1) is 17.4. The van der Waals surface area contributed by atoms with Crippen LogP contribution in [0.25, 0.3) is 0 Å². The number of fused-ring (bicyclic) bond motifs is 2. The van der Waals surface area contributed by atoms with Gasteiger partial charge in [-0.15, -0.1) is 0 Å². The van der Waals surface area contributed by atoms with Crippen molar-refractivity contribution in [3.8, 4) is 11.5 Å². The lowest BCUT2D eigenvalue weighted by atomic mass is 10.0. The summed E-state index contributed by atoms with van der Waals surface area (Å²) in [6.07, 6.45) is 0.887. The van der Waals surface area contributed by atoms with Gasteiger partial charge in [0.15, 0.2) is 11.5 Å². The second-order valence-electron chi connectivity index (χ2n) is 8.58. The third kappa shape index (κ3) is 5.34. The lowest BCUT2D eigenvalue weighted by molar-refractivity contribution is -0.118. The minimum absolute atomic E-state index is 0.0302. The van der Waals surface area contributed by atoms with Gasteiger partial charge in [-0.05, 0) is 54.3 Å². The number of carbonyl (C=O) groups is 2. The van der Waals surface area contributed by atoms with Crippen molar-refractivity contribution in [3.05, 3.63) is 77.9 Å². The fraction of sp³-hybridized carbons (Fsp3) is 0.231. The molecule has 3 N–H and O–H groups in total. The zero-order chi connectivity index (χ0) is 25.1. The van der Waals surface area contributed by atoms with E-state index in [0.29, 0.717) is 48.9 Å². The third-order valence-electron chi connectivity index (χ3n) is 5.99. The molecule has 9 nitrogen and oxygen atoms in total. The van der Waals surface area contributed by atoms with Crippen LogP contribution in [0, 0.1) is 0 Å². The summed E-state index contributed by atoms with van der Waals surface area (Å²) < 4.78 is 40.3. The van der Waals surface area contributed by atoms with E-state index in [1.165, 1.54) is 12.1 Å². The summed E-state index contributed by atoms with van der Waals surface area (Å²) in [4.78, 5) is 25.0. The van der Waals surface area contributed by atoms with Crippen LogP contribution in [0.3, 0.4) is 0 Å². The first-order valence-electron chi connectivity index (χ1n) is 11.6. The summed E-state index contributed by atoms with van der Waals surface area (Å²) in [7, 11) is -4.05. The summed E-state index contributed by atoms with van der Waals surface area (Å²) in [5.41, 5.74) is 2.60. The van der Waals surface area contributed by atoms with Crippen molar-refractivity contribution in [3.63, 3.8) is 0 Å². The number of aryl methyl sites for hydroxylation is 1.